The molecule has 6 nitrogen and oxygen atoms in total. The number of aromatic nitrogens is 3. The summed E-state index contributed by atoms with van der Waals surface area (Å²) in [4.78, 5) is 12.2. The molecule has 0 atom stereocenters. The second-order valence-corrected chi connectivity index (χ2v) is 4.61. The van der Waals surface area contributed by atoms with Crippen LogP contribution in [-0.2, 0) is 0 Å². The smallest absolute Gasteiger partial charge is 0.159 e. The zero-order valence-corrected chi connectivity index (χ0v) is 11.4. The van der Waals surface area contributed by atoms with Gasteiger partial charge in [0.05, 0.1) is 5.69 Å². The summed E-state index contributed by atoms with van der Waals surface area (Å²) in [6.07, 6.45) is 3.05. The van der Waals surface area contributed by atoms with Gasteiger partial charge in [0.15, 0.2) is 16.8 Å². The first kappa shape index (κ1) is 13.4. The van der Waals surface area contributed by atoms with Gasteiger partial charge in [-0.3, -0.25) is 0 Å². The molecule has 0 saturated carbocycles. The maximum atomic E-state index is 6.02. The molecule has 0 spiro atoms. The average Bonchev–Trinajstić information content (AvgIpc) is 2.36. The summed E-state index contributed by atoms with van der Waals surface area (Å²) in [5, 5.41) is 6.55. The van der Waals surface area contributed by atoms with E-state index >= 15 is 0 Å². The highest BCUT2D eigenvalue weighted by atomic mass is 35.5. The van der Waals surface area contributed by atoms with Crippen molar-refractivity contribution in [3.63, 3.8) is 0 Å². The fourth-order valence-electron chi connectivity index (χ4n) is 1.49. The number of nitrogens with zero attached hydrogens (tertiary/aromatic N) is 3. The quantitative estimate of drug-likeness (QED) is 0.745. The van der Waals surface area contributed by atoms with Crippen LogP contribution in [-0.4, -0.2) is 21.0 Å². The van der Waals surface area contributed by atoms with Crippen molar-refractivity contribution >= 4 is 34.6 Å². The van der Waals surface area contributed by atoms with Gasteiger partial charge in [0, 0.05) is 12.2 Å². The highest BCUT2D eigenvalue weighted by molar-refractivity contribution is 6.32. The van der Waals surface area contributed by atoms with Crippen LogP contribution in [0.4, 0.5) is 23.0 Å². The molecule has 0 aromatic carbocycles. The van der Waals surface area contributed by atoms with Crippen molar-refractivity contribution in [2.75, 3.05) is 16.4 Å². The Hall–Kier alpha value is -2.08. The molecule has 0 unspecified atom stereocenters. The number of pyridine rings is 1. The molecule has 0 aliphatic heterocycles. The van der Waals surface area contributed by atoms with Crippen LogP contribution in [0.25, 0.3) is 0 Å². The fourth-order valence-corrected chi connectivity index (χ4v) is 1.66. The van der Waals surface area contributed by atoms with Gasteiger partial charge in [-0.15, -0.1) is 0 Å². The Bertz CT molecular complexity index is 572. The molecule has 100 valence electrons. The normalized spacial score (nSPS) is 10.5. The summed E-state index contributed by atoms with van der Waals surface area (Å²) in [6, 6.07) is 3.80. The van der Waals surface area contributed by atoms with Gasteiger partial charge in [0.2, 0.25) is 0 Å². The number of hydrogen-bond donors (Lipinski definition) is 3. The molecular weight excluding hydrogens is 264 g/mol. The van der Waals surface area contributed by atoms with Gasteiger partial charge in [-0.2, -0.15) is 0 Å². The summed E-state index contributed by atoms with van der Waals surface area (Å²) in [7, 11) is 0. The number of nitrogen functional groups attached to an aromatic ring is 1. The SMILES string of the molecule is CC(C)Nc1ncnc(Nc2cccnc2Cl)c1N. The molecule has 2 aromatic heterocycles. The van der Waals surface area contributed by atoms with Crippen molar-refractivity contribution in [3.8, 4) is 0 Å². The first-order valence-electron chi connectivity index (χ1n) is 5.82. The number of rotatable bonds is 4. The predicted octanol–water partition coefficient (Wildman–Crippen LogP) is 2.67. The number of nitrogens with two attached hydrogens (primary N) is 1. The standard InChI is InChI=1S/C12H15ClN6/c1-7(2)18-11-9(14)12(17-6-16-11)19-8-4-3-5-15-10(8)13/h3-7H,14H2,1-2H3,(H2,16,17,18,19). The molecule has 0 radical (unpaired) electrons. The highest BCUT2D eigenvalue weighted by Gasteiger charge is 2.10. The predicted molar refractivity (Wildman–Crippen MR) is 77.7 cm³/mol. The molecule has 0 fully saturated rings. The summed E-state index contributed by atoms with van der Waals surface area (Å²) < 4.78 is 0. The Balaban J connectivity index is 2.28. The maximum absolute atomic E-state index is 6.02. The fraction of sp³-hybridized carbons (Fsp3) is 0.250. The van der Waals surface area contributed by atoms with Gasteiger partial charge < -0.3 is 16.4 Å². The number of halogens is 1. The third-order valence-electron chi connectivity index (χ3n) is 2.32. The van der Waals surface area contributed by atoms with Crippen molar-refractivity contribution in [3.05, 3.63) is 29.8 Å². The molecule has 2 aromatic rings. The monoisotopic (exact) mass is 278 g/mol. The zero-order valence-electron chi connectivity index (χ0n) is 10.7. The van der Waals surface area contributed by atoms with E-state index in [9.17, 15) is 0 Å². The lowest BCUT2D eigenvalue weighted by Gasteiger charge is -2.14. The van der Waals surface area contributed by atoms with Gasteiger partial charge in [0.25, 0.3) is 0 Å². The second-order valence-electron chi connectivity index (χ2n) is 4.25. The van der Waals surface area contributed by atoms with E-state index in [0.29, 0.717) is 28.2 Å². The molecule has 19 heavy (non-hydrogen) atoms. The Morgan fingerprint density at radius 2 is 1.95 bits per heavy atom. The first-order valence-corrected chi connectivity index (χ1v) is 6.20. The Morgan fingerprint density at radius 3 is 2.63 bits per heavy atom. The van der Waals surface area contributed by atoms with E-state index in [4.69, 9.17) is 17.3 Å². The summed E-state index contributed by atoms with van der Waals surface area (Å²) in [5.74, 6) is 1.08. The van der Waals surface area contributed by atoms with Gasteiger partial charge in [-0.05, 0) is 26.0 Å². The molecule has 0 aliphatic rings. The van der Waals surface area contributed by atoms with E-state index in [0.717, 1.165) is 0 Å². The maximum Gasteiger partial charge on any atom is 0.159 e. The van der Waals surface area contributed by atoms with E-state index in [-0.39, 0.29) is 6.04 Å². The molecule has 0 aliphatic carbocycles. The third kappa shape index (κ3) is 3.23. The molecular formula is C12H15ClN6. The third-order valence-corrected chi connectivity index (χ3v) is 2.62. The lowest BCUT2D eigenvalue weighted by molar-refractivity contribution is 0.887. The number of nitrogens with one attached hydrogen (secondary N) is 2. The summed E-state index contributed by atoms with van der Waals surface area (Å²) >= 11 is 5.98. The van der Waals surface area contributed by atoms with Crippen LogP contribution in [0.15, 0.2) is 24.7 Å². The van der Waals surface area contributed by atoms with Crippen LogP contribution in [0.2, 0.25) is 5.15 Å². The second kappa shape index (κ2) is 5.71. The molecule has 0 bridgehead atoms. The van der Waals surface area contributed by atoms with Crippen LogP contribution < -0.4 is 16.4 Å². The van der Waals surface area contributed by atoms with Crippen LogP contribution >= 0.6 is 11.6 Å². The first-order chi connectivity index (χ1) is 9.08. The van der Waals surface area contributed by atoms with Gasteiger partial charge >= 0.3 is 0 Å². The Morgan fingerprint density at radius 1 is 1.21 bits per heavy atom. The molecule has 2 rings (SSSR count). The molecule has 0 amide bonds. The topological polar surface area (TPSA) is 88.8 Å². The average molecular weight is 279 g/mol. The van der Waals surface area contributed by atoms with E-state index in [1.165, 1.54) is 6.33 Å². The van der Waals surface area contributed by atoms with E-state index < -0.39 is 0 Å². The number of anilines is 4. The van der Waals surface area contributed by atoms with Crippen LogP contribution in [0.1, 0.15) is 13.8 Å². The molecule has 7 heteroatoms. The largest absolute Gasteiger partial charge is 0.393 e. The van der Waals surface area contributed by atoms with E-state index in [1.54, 1.807) is 18.3 Å². The summed E-state index contributed by atoms with van der Waals surface area (Å²) in [5.41, 5.74) is 7.10. The lowest BCUT2D eigenvalue weighted by atomic mass is 10.3. The van der Waals surface area contributed by atoms with Gasteiger partial charge in [0.1, 0.15) is 12.0 Å². The van der Waals surface area contributed by atoms with E-state index in [1.807, 2.05) is 13.8 Å². The van der Waals surface area contributed by atoms with Crippen molar-refractivity contribution in [2.24, 2.45) is 0 Å². The molecule has 4 N–H and O–H groups in total. The minimum atomic E-state index is 0.229. The Labute approximate surface area is 116 Å². The minimum Gasteiger partial charge on any atom is -0.393 e. The summed E-state index contributed by atoms with van der Waals surface area (Å²) in [6.45, 7) is 4.01. The van der Waals surface area contributed by atoms with Crippen molar-refractivity contribution in [1.82, 2.24) is 15.0 Å². The van der Waals surface area contributed by atoms with Crippen LogP contribution in [0, 0.1) is 0 Å². The van der Waals surface area contributed by atoms with Crippen molar-refractivity contribution < 1.29 is 0 Å². The lowest BCUT2D eigenvalue weighted by Crippen LogP contribution is -2.14. The van der Waals surface area contributed by atoms with Crippen molar-refractivity contribution in [1.29, 1.82) is 0 Å². The van der Waals surface area contributed by atoms with Gasteiger partial charge in [-0.1, -0.05) is 11.6 Å². The Kier molecular flexibility index (Phi) is 4.01. The van der Waals surface area contributed by atoms with E-state index in [2.05, 4.69) is 25.6 Å². The number of hydrogen-bond acceptors (Lipinski definition) is 6. The van der Waals surface area contributed by atoms with Crippen LogP contribution in [0.3, 0.4) is 0 Å². The molecule has 2 heterocycles. The van der Waals surface area contributed by atoms with Crippen molar-refractivity contribution in [2.45, 2.75) is 19.9 Å². The minimum absolute atomic E-state index is 0.229. The van der Waals surface area contributed by atoms with Crippen LogP contribution in [0.5, 0.6) is 0 Å². The van der Waals surface area contributed by atoms with Gasteiger partial charge in [-0.25, -0.2) is 15.0 Å². The highest BCUT2D eigenvalue weighted by Crippen LogP contribution is 2.28. The molecule has 0 saturated heterocycles. The zero-order chi connectivity index (χ0) is 13.8.